The average molecular weight is 723 g/mol. The lowest BCUT2D eigenvalue weighted by atomic mass is 9.99. The van der Waals surface area contributed by atoms with Gasteiger partial charge in [-0.1, -0.05) is 207 Å². The van der Waals surface area contributed by atoms with Crippen LogP contribution < -0.4 is 0 Å². The van der Waals surface area contributed by atoms with E-state index in [0.29, 0.717) is 19.3 Å². The highest BCUT2D eigenvalue weighted by Crippen LogP contribution is 2.16. The van der Waals surface area contributed by atoms with E-state index in [-0.39, 0.29) is 31.1 Å². The third-order valence-corrected chi connectivity index (χ3v) is 10.4. The number of esters is 3. The molecule has 0 aliphatic carbocycles. The lowest BCUT2D eigenvalue weighted by Gasteiger charge is -2.18. The molecule has 0 aromatic heterocycles. The van der Waals surface area contributed by atoms with Crippen LogP contribution in [0.5, 0.6) is 0 Å². The van der Waals surface area contributed by atoms with Gasteiger partial charge in [0, 0.05) is 19.3 Å². The van der Waals surface area contributed by atoms with E-state index in [9.17, 15) is 14.4 Å². The Morgan fingerprint density at radius 3 is 1.02 bits per heavy atom. The second kappa shape index (κ2) is 39.6. The molecule has 302 valence electrons. The van der Waals surface area contributed by atoms with Crippen LogP contribution in [-0.4, -0.2) is 37.2 Å². The van der Waals surface area contributed by atoms with Crippen LogP contribution in [0.2, 0.25) is 0 Å². The molecule has 2 atom stereocenters. The maximum absolute atomic E-state index is 12.6. The first kappa shape index (κ1) is 49.4. The topological polar surface area (TPSA) is 78.9 Å². The molecule has 0 saturated carbocycles. The van der Waals surface area contributed by atoms with Crippen LogP contribution in [0.15, 0.2) is 0 Å². The van der Waals surface area contributed by atoms with Gasteiger partial charge in [-0.25, -0.2) is 0 Å². The minimum Gasteiger partial charge on any atom is -0.462 e. The summed E-state index contributed by atoms with van der Waals surface area (Å²) in [6.07, 6.45) is 38.0. The van der Waals surface area contributed by atoms with E-state index in [2.05, 4.69) is 27.7 Å². The number of hydrogen-bond donors (Lipinski definition) is 0. The van der Waals surface area contributed by atoms with Gasteiger partial charge in [0.25, 0.3) is 0 Å². The Morgan fingerprint density at radius 2 is 0.686 bits per heavy atom. The van der Waals surface area contributed by atoms with Crippen LogP contribution >= 0.6 is 0 Å². The number of carbonyl (C=O) groups is 3. The van der Waals surface area contributed by atoms with E-state index in [4.69, 9.17) is 14.2 Å². The van der Waals surface area contributed by atoms with Gasteiger partial charge in [-0.15, -0.1) is 0 Å². The zero-order chi connectivity index (χ0) is 37.5. The zero-order valence-corrected chi connectivity index (χ0v) is 34.6. The van der Waals surface area contributed by atoms with Gasteiger partial charge >= 0.3 is 17.9 Å². The summed E-state index contributed by atoms with van der Waals surface area (Å²) in [4.78, 5) is 37.5. The molecule has 0 aliphatic rings. The van der Waals surface area contributed by atoms with Crippen molar-refractivity contribution < 1.29 is 28.6 Å². The molecule has 51 heavy (non-hydrogen) atoms. The molecule has 0 N–H and O–H groups in total. The molecule has 0 spiro atoms. The van der Waals surface area contributed by atoms with Crippen molar-refractivity contribution in [1.29, 1.82) is 0 Å². The highest BCUT2D eigenvalue weighted by Gasteiger charge is 2.19. The third-order valence-electron chi connectivity index (χ3n) is 10.4. The molecule has 0 radical (unpaired) electrons. The fraction of sp³-hybridized carbons (Fsp3) is 0.933. The Bertz CT molecular complexity index is 768. The van der Waals surface area contributed by atoms with Crippen molar-refractivity contribution in [3.63, 3.8) is 0 Å². The van der Waals surface area contributed by atoms with Crippen molar-refractivity contribution in [2.45, 2.75) is 252 Å². The summed E-state index contributed by atoms with van der Waals surface area (Å²) in [5.74, 6) is -0.0148. The molecular weight excluding hydrogens is 636 g/mol. The van der Waals surface area contributed by atoms with Crippen LogP contribution in [0.25, 0.3) is 0 Å². The minimum atomic E-state index is -0.758. The van der Waals surface area contributed by atoms with Crippen molar-refractivity contribution in [1.82, 2.24) is 0 Å². The molecule has 6 nitrogen and oxygen atoms in total. The quantitative estimate of drug-likeness (QED) is 0.0356. The van der Waals surface area contributed by atoms with Gasteiger partial charge in [-0.2, -0.15) is 0 Å². The van der Waals surface area contributed by atoms with Gasteiger partial charge < -0.3 is 14.2 Å². The molecule has 0 heterocycles. The maximum Gasteiger partial charge on any atom is 0.306 e. The van der Waals surface area contributed by atoms with Crippen molar-refractivity contribution >= 4 is 17.9 Å². The number of carbonyl (C=O) groups excluding carboxylic acids is 3. The van der Waals surface area contributed by atoms with E-state index in [1.54, 1.807) is 0 Å². The lowest BCUT2D eigenvalue weighted by molar-refractivity contribution is -0.167. The van der Waals surface area contributed by atoms with Crippen LogP contribution in [0.3, 0.4) is 0 Å². The van der Waals surface area contributed by atoms with Gasteiger partial charge in [0.2, 0.25) is 0 Å². The van der Waals surface area contributed by atoms with Crippen LogP contribution in [0.4, 0.5) is 0 Å². The molecule has 0 aromatic rings. The summed E-state index contributed by atoms with van der Waals surface area (Å²) in [7, 11) is 0. The van der Waals surface area contributed by atoms with Crippen LogP contribution in [-0.2, 0) is 28.6 Å². The van der Waals surface area contributed by atoms with Crippen LogP contribution in [0.1, 0.15) is 246 Å². The smallest absolute Gasteiger partial charge is 0.306 e. The van der Waals surface area contributed by atoms with Gasteiger partial charge in [-0.3, -0.25) is 14.4 Å². The SMILES string of the molecule is CCCCCCCCCCCCCCCCC(=O)OC[C@H](COC(=O)CCCCCCCCCCC(C)CC)OC(=O)CCCCCCCCC. The fourth-order valence-corrected chi connectivity index (χ4v) is 6.59. The first-order chi connectivity index (χ1) is 24.9. The number of unbranched alkanes of at least 4 members (excludes halogenated alkanes) is 26. The first-order valence-electron chi connectivity index (χ1n) is 22.4. The van der Waals surface area contributed by atoms with Crippen molar-refractivity contribution in [2.24, 2.45) is 5.92 Å². The van der Waals surface area contributed by atoms with E-state index in [1.165, 1.54) is 141 Å². The van der Waals surface area contributed by atoms with E-state index < -0.39 is 6.10 Å². The van der Waals surface area contributed by atoms with Crippen molar-refractivity contribution in [2.75, 3.05) is 13.2 Å². The summed E-state index contributed by atoms with van der Waals surface area (Å²) in [6.45, 7) is 8.96. The predicted octanol–water partition coefficient (Wildman–Crippen LogP) is 13.9. The third kappa shape index (κ3) is 38.0. The maximum atomic E-state index is 12.6. The Kier molecular flexibility index (Phi) is 38.4. The number of hydrogen-bond acceptors (Lipinski definition) is 6. The lowest BCUT2D eigenvalue weighted by Crippen LogP contribution is -2.30. The largest absolute Gasteiger partial charge is 0.462 e. The molecule has 0 aromatic carbocycles. The highest BCUT2D eigenvalue weighted by molar-refractivity contribution is 5.71. The first-order valence-corrected chi connectivity index (χ1v) is 22.4. The average Bonchev–Trinajstić information content (AvgIpc) is 3.13. The summed E-state index contributed by atoms with van der Waals surface area (Å²) in [5, 5.41) is 0. The van der Waals surface area contributed by atoms with E-state index >= 15 is 0 Å². The highest BCUT2D eigenvalue weighted by atomic mass is 16.6. The van der Waals surface area contributed by atoms with Gasteiger partial charge in [-0.05, 0) is 25.2 Å². The number of ether oxygens (including phenoxy) is 3. The normalized spacial score (nSPS) is 12.5. The molecule has 0 aliphatic heterocycles. The Balaban J connectivity index is 4.25. The Hall–Kier alpha value is -1.59. The zero-order valence-electron chi connectivity index (χ0n) is 34.6. The van der Waals surface area contributed by atoms with Gasteiger partial charge in [0.05, 0.1) is 0 Å². The molecule has 6 heteroatoms. The molecule has 1 unspecified atom stereocenters. The summed E-state index contributed by atoms with van der Waals surface area (Å²) in [6, 6.07) is 0. The summed E-state index contributed by atoms with van der Waals surface area (Å²) < 4.78 is 16.6. The molecule has 0 saturated heterocycles. The summed E-state index contributed by atoms with van der Waals surface area (Å²) >= 11 is 0. The Morgan fingerprint density at radius 1 is 0.392 bits per heavy atom. The van der Waals surface area contributed by atoms with Crippen molar-refractivity contribution in [3.8, 4) is 0 Å². The van der Waals surface area contributed by atoms with Gasteiger partial charge in [0.1, 0.15) is 13.2 Å². The van der Waals surface area contributed by atoms with E-state index in [0.717, 1.165) is 63.7 Å². The predicted molar refractivity (Wildman–Crippen MR) is 215 cm³/mol. The van der Waals surface area contributed by atoms with Crippen LogP contribution in [0, 0.1) is 5.92 Å². The standard InChI is InChI=1S/C45H86O6/c1-5-8-10-12-14-15-16-17-18-19-20-25-28-32-36-43(46)49-39-42(51-45(48)38-34-30-23-13-11-9-6-2)40-50-44(47)37-33-29-26-22-21-24-27-31-35-41(4)7-3/h41-42H,5-40H2,1-4H3/t41?,42-/m1/s1. The summed E-state index contributed by atoms with van der Waals surface area (Å²) in [5.41, 5.74) is 0. The second-order valence-electron chi connectivity index (χ2n) is 15.6. The Labute approximate surface area is 317 Å². The molecule has 0 rings (SSSR count). The fourth-order valence-electron chi connectivity index (χ4n) is 6.59. The second-order valence-corrected chi connectivity index (χ2v) is 15.6. The van der Waals surface area contributed by atoms with Crippen molar-refractivity contribution in [3.05, 3.63) is 0 Å². The van der Waals surface area contributed by atoms with E-state index in [1.807, 2.05) is 0 Å². The monoisotopic (exact) mass is 723 g/mol. The minimum absolute atomic E-state index is 0.0647. The molecule has 0 bridgehead atoms. The molecular formula is C45H86O6. The number of rotatable bonds is 40. The molecule has 0 amide bonds. The van der Waals surface area contributed by atoms with Gasteiger partial charge in [0.15, 0.2) is 6.10 Å². The molecule has 0 fully saturated rings.